The SMILES string of the molecule is CC(C)N(Cc1ccccc1)C(=O)c1ccc(N)nc1. The lowest BCUT2D eigenvalue weighted by molar-refractivity contribution is 0.0690. The van der Waals surface area contributed by atoms with Crippen LogP contribution in [0.4, 0.5) is 5.82 Å². The summed E-state index contributed by atoms with van der Waals surface area (Å²) < 4.78 is 0. The van der Waals surface area contributed by atoms with Gasteiger partial charge in [-0.3, -0.25) is 4.79 Å². The first-order valence-corrected chi connectivity index (χ1v) is 6.64. The van der Waals surface area contributed by atoms with E-state index in [1.807, 2.05) is 49.1 Å². The van der Waals surface area contributed by atoms with Crippen molar-refractivity contribution in [3.8, 4) is 0 Å². The zero-order chi connectivity index (χ0) is 14.5. The number of rotatable bonds is 4. The second-order valence-corrected chi connectivity index (χ2v) is 4.98. The van der Waals surface area contributed by atoms with Gasteiger partial charge in [-0.15, -0.1) is 0 Å². The van der Waals surface area contributed by atoms with Gasteiger partial charge >= 0.3 is 0 Å². The molecule has 0 spiro atoms. The van der Waals surface area contributed by atoms with Crippen molar-refractivity contribution in [3.05, 3.63) is 59.8 Å². The summed E-state index contributed by atoms with van der Waals surface area (Å²) in [6.45, 7) is 4.60. The average Bonchev–Trinajstić information content (AvgIpc) is 2.45. The zero-order valence-corrected chi connectivity index (χ0v) is 11.8. The highest BCUT2D eigenvalue weighted by Crippen LogP contribution is 2.13. The van der Waals surface area contributed by atoms with Crippen LogP contribution in [0.25, 0.3) is 0 Å². The topological polar surface area (TPSA) is 59.2 Å². The highest BCUT2D eigenvalue weighted by molar-refractivity contribution is 5.94. The summed E-state index contributed by atoms with van der Waals surface area (Å²) in [4.78, 5) is 18.3. The maximum absolute atomic E-state index is 12.5. The van der Waals surface area contributed by atoms with Crippen LogP contribution in [-0.2, 0) is 6.54 Å². The lowest BCUT2D eigenvalue weighted by atomic mass is 10.1. The fourth-order valence-corrected chi connectivity index (χ4v) is 1.97. The van der Waals surface area contributed by atoms with E-state index < -0.39 is 0 Å². The summed E-state index contributed by atoms with van der Waals surface area (Å²) in [5, 5.41) is 0. The molecule has 0 saturated carbocycles. The first kappa shape index (κ1) is 14.1. The lowest BCUT2D eigenvalue weighted by Crippen LogP contribution is -2.36. The Bertz CT molecular complexity index is 564. The van der Waals surface area contributed by atoms with Crippen LogP contribution in [-0.4, -0.2) is 21.8 Å². The summed E-state index contributed by atoms with van der Waals surface area (Å²) in [5.41, 5.74) is 7.22. The zero-order valence-electron chi connectivity index (χ0n) is 11.8. The molecule has 1 aromatic heterocycles. The maximum Gasteiger partial charge on any atom is 0.255 e. The van der Waals surface area contributed by atoms with Gasteiger partial charge in [-0.05, 0) is 31.5 Å². The van der Waals surface area contributed by atoms with Gasteiger partial charge in [0.05, 0.1) is 5.56 Å². The minimum absolute atomic E-state index is 0.0312. The molecule has 2 N–H and O–H groups in total. The smallest absolute Gasteiger partial charge is 0.255 e. The highest BCUT2D eigenvalue weighted by Gasteiger charge is 2.19. The Morgan fingerprint density at radius 2 is 1.90 bits per heavy atom. The molecule has 2 rings (SSSR count). The van der Waals surface area contributed by atoms with Crippen molar-refractivity contribution < 1.29 is 4.79 Å². The third-order valence-corrected chi connectivity index (χ3v) is 3.11. The number of amides is 1. The van der Waals surface area contributed by atoms with Gasteiger partial charge in [-0.1, -0.05) is 30.3 Å². The van der Waals surface area contributed by atoms with Crippen molar-refractivity contribution in [2.75, 3.05) is 5.73 Å². The lowest BCUT2D eigenvalue weighted by Gasteiger charge is -2.27. The maximum atomic E-state index is 12.5. The molecule has 0 fully saturated rings. The van der Waals surface area contributed by atoms with E-state index in [1.54, 1.807) is 12.1 Å². The van der Waals surface area contributed by atoms with Gasteiger partial charge in [0.25, 0.3) is 5.91 Å². The fraction of sp³-hybridized carbons (Fsp3) is 0.250. The van der Waals surface area contributed by atoms with Gasteiger partial charge in [0, 0.05) is 18.8 Å². The molecular formula is C16H19N3O. The van der Waals surface area contributed by atoms with Gasteiger partial charge in [0.2, 0.25) is 0 Å². The van der Waals surface area contributed by atoms with Gasteiger partial charge in [-0.25, -0.2) is 4.98 Å². The van der Waals surface area contributed by atoms with E-state index in [9.17, 15) is 4.79 Å². The molecular weight excluding hydrogens is 250 g/mol. The molecule has 0 radical (unpaired) electrons. The van der Waals surface area contributed by atoms with Crippen molar-refractivity contribution in [2.24, 2.45) is 0 Å². The molecule has 104 valence electrons. The number of nitrogen functional groups attached to an aromatic ring is 1. The van der Waals surface area contributed by atoms with Crippen molar-refractivity contribution in [3.63, 3.8) is 0 Å². The van der Waals surface area contributed by atoms with Crippen molar-refractivity contribution in [2.45, 2.75) is 26.4 Å². The Balaban J connectivity index is 2.20. The van der Waals surface area contributed by atoms with E-state index in [4.69, 9.17) is 5.73 Å². The first-order valence-electron chi connectivity index (χ1n) is 6.64. The molecule has 0 bridgehead atoms. The Morgan fingerprint density at radius 1 is 1.20 bits per heavy atom. The first-order chi connectivity index (χ1) is 9.58. The molecule has 1 aromatic carbocycles. The van der Waals surface area contributed by atoms with Gasteiger partial charge in [0.15, 0.2) is 0 Å². The van der Waals surface area contributed by atoms with Crippen LogP contribution in [0.2, 0.25) is 0 Å². The number of anilines is 1. The third-order valence-electron chi connectivity index (χ3n) is 3.11. The van der Waals surface area contributed by atoms with E-state index in [1.165, 1.54) is 6.20 Å². The van der Waals surface area contributed by atoms with Crippen molar-refractivity contribution in [1.29, 1.82) is 0 Å². The Morgan fingerprint density at radius 3 is 2.45 bits per heavy atom. The van der Waals surface area contributed by atoms with Crippen LogP contribution in [0.3, 0.4) is 0 Å². The summed E-state index contributed by atoms with van der Waals surface area (Å²) >= 11 is 0. The number of pyridine rings is 1. The number of aromatic nitrogens is 1. The predicted molar refractivity (Wildman–Crippen MR) is 80.1 cm³/mol. The van der Waals surface area contributed by atoms with E-state index in [0.29, 0.717) is 17.9 Å². The van der Waals surface area contributed by atoms with Crippen molar-refractivity contribution >= 4 is 11.7 Å². The molecule has 0 aliphatic heterocycles. The van der Waals surface area contributed by atoms with Gasteiger partial charge < -0.3 is 10.6 Å². The number of hydrogen-bond donors (Lipinski definition) is 1. The fourth-order valence-electron chi connectivity index (χ4n) is 1.97. The second-order valence-electron chi connectivity index (χ2n) is 4.98. The Labute approximate surface area is 119 Å². The minimum Gasteiger partial charge on any atom is -0.384 e. The van der Waals surface area contributed by atoms with Crippen LogP contribution in [0, 0.1) is 0 Å². The molecule has 0 aliphatic rings. The van der Waals surface area contributed by atoms with E-state index in [-0.39, 0.29) is 11.9 Å². The van der Waals surface area contributed by atoms with E-state index in [2.05, 4.69) is 4.98 Å². The van der Waals surface area contributed by atoms with Crippen LogP contribution in [0.15, 0.2) is 48.7 Å². The average molecular weight is 269 g/mol. The standard InChI is InChI=1S/C16H19N3O/c1-12(2)19(11-13-6-4-3-5-7-13)16(20)14-8-9-15(17)18-10-14/h3-10,12H,11H2,1-2H3,(H2,17,18). The molecule has 4 nitrogen and oxygen atoms in total. The molecule has 0 atom stereocenters. The summed E-state index contributed by atoms with van der Waals surface area (Å²) in [6.07, 6.45) is 1.53. The molecule has 0 saturated heterocycles. The quantitative estimate of drug-likeness (QED) is 0.928. The van der Waals surface area contributed by atoms with Crippen molar-refractivity contribution in [1.82, 2.24) is 9.88 Å². The Hall–Kier alpha value is -2.36. The molecule has 4 heteroatoms. The number of benzene rings is 1. The molecule has 0 aliphatic carbocycles. The van der Waals surface area contributed by atoms with Gasteiger partial charge in [-0.2, -0.15) is 0 Å². The molecule has 1 amide bonds. The number of carbonyl (C=O) groups is 1. The number of carbonyl (C=O) groups excluding carboxylic acids is 1. The number of hydrogen-bond acceptors (Lipinski definition) is 3. The van der Waals surface area contributed by atoms with Crippen LogP contribution < -0.4 is 5.73 Å². The van der Waals surface area contributed by atoms with E-state index in [0.717, 1.165) is 5.56 Å². The number of nitrogens with two attached hydrogens (primary N) is 1. The predicted octanol–water partition coefficient (Wildman–Crippen LogP) is 2.71. The molecule has 2 aromatic rings. The second kappa shape index (κ2) is 6.19. The van der Waals surface area contributed by atoms with Gasteiger partial charge in [0.1, 0.15) is 5.82 Å². The van der Waals surface area contributed by atoms with E-state index >= 15 is 0 Å². The normalized spacial score (nSPS) is 10.6. The Kier molecular flexibility index (Phi) is 4.35. The van der Waals surface area contributed by atoms with Crippen LogP contribution in [0.1, 0.15) is 29.8 Å². The minimum atomic E-state index is -0.0312. The van der Waals surface area contributed by atoms with Crippen LogP contribution >= 0.6 is 0 Å². The summed E-state index contributed by atoms with van der Waals surface area (Å²) in [7, 11) is 0. The largest absolute Gasteiger partial charge is 0.384 e. The summed E-state index contributed by atoms with van der Waals surface area (Å²) in [5.74, 6) is 0.386. The molecule has 20 heavy (non-hydrogen) atoms. The third kappa shape index (κ3) is 3.35. The number of nitrogens with zero attached hydrogens (tertiary/aromatic N) is 2. The monoisotopic (exact) mass is 269 g/mol. The highest BCUT2D eigenvalue weighted by atomic mass is 16.2. The van der Waals surface area contributed by atoms with Crippen LogP contribution in [0.5, 0.6) is 0 Å². The summed E-state index contributed by atoms with van der Waals surface area (Å²) in [6, 6.07) is 13.4. The molecule has 1 heterocycles. The molecule has 0 unspecified atom stereocenters.